The molecule has 1 aromatic heterocycles. The van der Waals surface area contributed by atoms with Crippen LogP contribution in [0.2, 0.25) is 0 Å². The molecule has 0 radical (unpaired) electrons. The zero-order valence-corrected chi connectivity index (χ0v) is 8.07. The van der Waals surface area contributed by atoms with Gasteiger partial charge in [0.25, 0.3) is 0 Å². The molecule has 0 saturated heterocycles. The number of aryl methyl sites for hydroxylation is 2. The molecule has 4 heteroatoms. The molecule has 0 N–H and O–H groups in total. The first-order valence-electron chi connectivity index (χ1n) is 3.33. The highest BCUT2D eigenvalue weighted by atomic mass is 31.0. The van der Waals surface area contributed by atoms with Crippen LogP contribution in [0.3, 0.4) is 0 Å². The van der Waals surface area contributed by atoms with Crippen molar-refractivity contribution < 1.29 is 0 Å². The molecule has 10 heavy (non-hydrogen) atoms. The Morgan fingerprint density at radius 1 is 1.40 bits per heavy atom. The molecule has 58 valence electrons. The Morgan fingerprint density at radius 2 is 1.90 bits per heavy atom. The van der Waals surface area contributed by atoms with Crippen molar-refractivity contribution in [1.29, 1.82) is 0 Å². The molecule has 0 saturated carbocycles. The minimum absolute atomic E-state index is 0.817. The Bertz CT molecular complexity index is 175. The van der Waals surface area contributed by atoms with Gasteiger partial charge in [0, 0.05) is 7.05 Å². The van der Waals surface area contributed by atoms with Crippen LogP contribution in [0.1, 0.15) is 19.7 Å². The highest BCUT2D eigenvalue weighted by molar-refractivity contribution is 7.26. The van der Waals surface area contributed by atoms with Gasteiger partial charge in [-0.2, -0.15) is 5.10 Å². The molecule has 0 aromatic carbocycles. The van der Waals surface area contributed by atoms with Crippen molar-refractivity contribution in [2.24, 2.45) is 7.05 Å². The summed E-state index contributed by atoms with van der Waals surface area (Å²) in [6, 6.07) is 0. The topological polar surface area (TPSA) is 30.7 Å². The number of rotatable bonds is 0. The van der Waals surface area contributed by atoms with Crippen molar-refractivity contribution in [2.75, 3.05) is 0 Å². The molecule has 0 amide bonds. The third-order valence-corrected chi connectivity index (χ3v) is 1.41. The molecule has 1 heterocycles. The van der Waals surface area contributed by atoms with Crippen molar-refractivity contribution in [3.05, 3.63) is 5.82 Å². The third kappa shape index (κ3) is 2.44. The predicted octanol–water partition coefficient (Wildman–Crippen LogP) is 0.650. The highest BCUT2D eigenvalue weighted by Gasteiger charge is 1.93. The first-order chi connectivity index (χ1) is 4.70. The maximum Gasteiger partial charge on any atom is 0.148 e. The van der Waals surface area contributed by atoms with E-state index in [2.05, 4.69) is 19.3 Å². The number of hydrogen-bond donors (Lipinski definition) is 0. The van der Waals surface area contributed by atoms with E-state index in [4.69, 9.17) is 0 Å². The molecular weight excluding hydrogens is 145 g/mol. The fraction of sp³-hybridized carbons (Fsp3) is 0.667. The fourth-order valence-corrected chi connectivity index (χ4v) is 0.773. The Kier molecular flexibility index (Phi) is 4.21. The van der Waals surface area contributed by atoms with E-state index in [0.717, 1.165) is 11.4 Å². The average molecular weight is 159 g/mol. The summed E-state index contributed by atoms with van der Waals surface area (Å²) in [4.78, 5) is 4.03. The summed E-state index contributed by atoms with van der Waals surface area (Å²) in [5.41, 5.74) is 0.877. The van der Waals surface area contributed by atoms with Crippen molar-refractivity contribution in [3.8, 4) is 0 Å². The monoisotopic (exact) mass is 159 g/mol. The average Bonchev–Trinajstić information content (AvgIpc) is 2.16. The van der Waals surface area contributed by atoms with Crippen LogP contribution >= 0.6 is 9.24 Å². The summed E-state index contributed by atoms with van der Waals surface area (Å²) in [6.07, 6.45) is 0. The van der Waals surface area contributed by atoms with E-state index in [-0.39, 0.29) is 0 Å². The molecule has 0 spiro atoms. The lowest BCUT2D eigenvalue weighted by Gasteiger charge is -1.84. The van der Waals surface area contributed by atoms with E-state index in [1.54, 1.807) is 4.68 Å². The molecule has 1 atom stereocenters. The van der Waals surface area contributed by atoms with Crippen molar-refractivity contribution in [2.45, 2.75) is 20.8 Å². The Hall–Kier alpha value is -0.430. The van der Waals surface area contributed by atoms with Gasteiger partial charge in [-0.3, -0.25) is 0 Å². The quantitative estimate of drug-likeness (QED) is 0.520. The van der Waals surface area contributed by atoms with Crippen LogP contribution in [0, 0.1) is 6.92 Å². The Morgan fingerprint density at radius 3 is 2.00 bits per heavy atom. The minimum atomic E-state index is 0.817. The van der Waals surface area contributed by atoms with E-state index < -0.39 is 0 Å². The summed E-state index contributed by atoms with van der Waals surface area (Å²) in [5, 5.41) is 4.00. The number of nitrogens with zero attached hydrogens (tertiary/aromatic N) is 3. The Balaban J connectivity index is 0.000000371. The normalized spacial score (nSPS) is 8.50. The lowest BCUT2D eigenvalue weighted by Crippen LogP contribution is -2.06. The molecule has 0 aliphatic rings. The van der Waals surface area contributed by atoms with Gasteiger partial charge in [0.2, 0.25) is 0 Å². The minimum Gasteiger partial charge on any atom is -0.249 e. The highest BCUT2D eigenvalue weighted by Crippen LogP contribution is 1.84. The zero-order valence-electron chi connectivity index (χ0n) is 6.92. The molecule has 1 aromatic rings. The van der Waals surface area contributed by atoms with Crippen LogP contribution in [0.15, 0.2) is 0 Å². The third-order valence-electron chi connectivity index (χ3n) is 0.903. The van der Waals surface area contributed by atoms with Gasteiger partial charge in [0.15, 0.2) is 0 Å². The van der Waals surface area contributed by atoms with Crippen molar-refractivity contribution in [1.82, 2.24) is 14.8 Å². The summed E-state index contributed by atoms with van der Waals surface area (Å²) >= 11 is 0. The van der Waals surface area contributed by atoms with Crippen LogP contribution in [0.5, 0.6) is 0 Å². The lowest BCUT2D eigenvalue weighted by molar-refractivity contribution is 0.778. The molecule has 0 aliphatic heterocycles. The summed E-state index contributed by atoms with van der Waals surface area (Å²) in [5.74, 6) is 0.817. The van der Waals surface area contributed by atoms with E-state index in [1.807, 2.05) is 27.8 Å². The molecule has 0 bridgehead atoms. The van der Waals surface area contributed by atoms with E-state index >= 15 is 0 Å². The second-order valence-corrected chi connectivity index (χ2v) is 2.16. The zero-order chi connectivity index (χ0) is 8.15. The van der Waals surface area contributed by atoms with Crippen LogP contribution in [0.25, 0.3) is 0 Å². The van der Waals surface area contributed by atoms with E-state index in [0.29, 0.717) is 0 Å². The maximum absolute atomic E-state index is 4.03. The number of hydrogen-bond acceptors (Lipinski definition) is 2. The summed E-state index contributed by atoms with van der Waals surface area (Å²) in [6.45, 7) is 5.87. The molecule has 0 aliphatic carbocycles. The second-order valence-electron chi connectivity index (χ2n) is 1.64. The summed E-state index contributed by atoms with van der Waals surface area (Å²) in [7, 11) is 4.36. The van der Waals surface area contributed by atoms with E-state index in [9.17, 15) is 0 Å². The molecule has 0 fully saturated rings. The standard InChI is InChI=1S/C4H8N3P.C2H6/c1-3-5-4(8)7(2)6-3;1-2/h8H2,1-2H3;1-2H3. The van der Waals surface area contributed by atoms with Crippen molar-refractivity contribution >= 4 is 14.8 Å². The van der Waals surface area contributed by atoms with Gasteiger partial charge in [-0.15, -0.1) is 0 Å². The molecule has 1 unspecified atom stereocenters. The molecular formula is C6H14N3P. The first-order valence-corrected chi connectivity index (χ1v) is 3.91. The first kappa shape index (κ1) is 9.57. The summed E-state index contributed by atoms with van der Waals surface area (Å²) < 4.78 is 1.72. The van der Waals surface area contributed by atoms with Gasteiger partial charge in [0.05, 0.1) is 0 Å². The van der Waals surface area contributed by atoms with Crippen LogP contribution in [0.4, 0.5) is 0 Å². The largest absolute Gasteiger partial charge is 0.249 e. The van der Waals surface area contributed by atoms with Crippen LogP contribution < -0.4 is 5.57 Å². The molecule has 3 nitrogen and oxygen atoms in total. The van der Waals surface area contributed by atoms with Crippen molar-refractivity contribution in [3.63, 3.8) is 0 Å². The van der Waals surface area contributed by atoms with Gasteiger partial charge >= 0.3 is 0 Å². The van der Waals surface area contributed by atoms with Gasteiger partial charge < -0.3 is 0 Å². The smallest absolute Gasteiger partial charge is 0.148 e. The van der Waals surface area contributed by atoms with Crippen LogP contribution in [-0.2, 0) is 7.05 Å². The van der Waals surface area contributed by atoms with Crippen LogP contribution in [-0.4, -0.2) is 14.8 Å². The van der Waals surface area contributed by atoms with Gasteiger partial charge in [-0.1, -0.05) is 23.1 Å². The van der Waals surface area contributed by atoms with Gasteiger partial charge in [-0.25, -0.2) is 9.67 Å². The predicted molar refractivity (Wildman–Crippen MR) is 46.4 cm³/mol. The van der Waals surface area contributed by atoms with Gasteiger partial charge in [0.1, 0.15) is 11.4 Å². The molecule has 1 rings (SSSR count). The lowest BCUT2D eigenvalue weighted by atomic mass is 10.8. The second kappa shape index (κ2) is 4.40. The SMILES string of the molecule is CC.Cc1nc(P)n(C)n1. The van der Waals surface area contributed by atoms with E-state index in [1.165, 1.54) is 0 Å². The van der Waals surface area contributed by atoms with Gasteiger partial charge in [-0.05, 0) is 6.92 Å². The Labute approximate surface area is 64.1 Å². The maximum atomic E-state index is 4.03. The fourth-order valence-electron chi connectivity index (χ4n) is 0.529. The number of aromatic nitrogens is 3.